The van der Waals surface area contributed by atoms with Gasteiger partial charge in [-0.1, -0.05) is 24.6 Å². The highest BCUT2D eigenvalue weighted by molar-refractivity contribution is 5.37. The van der Waals surface area contributed by atoms with Crippen LogP contribution in [-0.2, 0) is 6.42 Å². The SMILES string of the molecule is CCOc1ccc(C)cc1CC(C)C(CN)CN. The molecule has 3 heteroatoms. The first-order valence-electron chi connectivity index (χ1n) is 6.74. The second-order valence-corrected chi connectivity index (χ2v) is 4.96. The predicted octanol–water partition coefficient (Wildman–Crippen LogP) is 2.11. The maximum Gasteiger partial charge on any atom is 0.122 e. The van der Waals surface area contributed by atoms with E-state index in [0.717, 1.165) is 12.2 Å². The maximum absolute atomic E-state index is 5.75. The lowest BCUT2D eigenvalue weighted by atomic mass is 9.87. The van der Waals surface area contributed by atoms with Crippen molar-refractivity contribution in [3.8, 4) is 5.75 Å². The first kappa shape index (κ1) is 15.0. The molecule has 1 rings (SSSR count). The normalized spacial score (nSPS) is 12.8. The van der Waals surface area contributed by atoms with Crippen LogP contribution in [0.3, 0.4) is 0 Å². The molecule has 1 atom stereocenters. The number of hydrogen-bond donors (Lipinski definition) is 2. The molecule has 0 heterocycles. The number of hydrogen-bond acceptors (Lipinski definition) is 3. The van der Waals surface area contributed by atoms with E-state index < -0.39 is 0 Å². The summed E-state index contributed by atoms with van der Waals surface area (Å²) < 4.78 is 5.68. The molecule has 1 aromatic carbocycles. The summed E-state index contributed by atoms with van der Waals surface area (Å²) in [6, 6.07) is 6.34. The van der Waals surface area contributed by atoms with Crippen molar-refractivity contribution >= 4 is 0 Å². The Morgan fingerprint density at radius 1 is 1.22 bits per heavy atom. The number of nitrogens with two attached hydrogens (primary N) is 2. The first-order chi connectivity index (χ1) is 8.62. The van der Waals surface area contributed by atoms with Crippen molar-refractivity contribution in [3.05, 3.63) is 29.3 Å². The maximum atomic E-state index is 5.75. The third-order valence-electron chi connectivity index (χ3n) is 3.47. The van der Waals surface area contributed by atoms with Crippen LogP contribution in [0, 0.1) is 18.8 Å². The number of aryl methyl sites for hydroxylation is 1. The Labute approximate surface area is 111 Å². The molecule has 0 fully saturated rings. The van der Waals surface area contributed by atoms with E-state index in [1.807, 2.05) is 6.92 Å². The van der Waals surface area contributed by atoms with E-state index in [1.165, 1.54) is 11.1 Å². The molecule has 4 N–H and O–H groups in total. The number of benzene rings is 1. The second kappa shape index (κ2) is 7.39. The van der Waals surface area contributed by atoms with Crippen molar-refractivity contribution in [2.45, 2.75) is 27.2 Å². The third kappa shape index (κ3) is 4.00. The average molecular weight is 250 g/mol. The van der Waals surface area contributed by atoms with Crippen molar-refractivity contribution in [3.63, 3.8) is 0 Å². The van der Waals surface area contributed by atoms with Gasteiger partial charge in [-0.3, -0.25) is 0 Å². The number of rotatable bonds is 7. The van der Waals surface area contributed by atoms with E-state index in [4.69, 9.17) is 16.2 Å². The van der Waals surface area contributed by atoms with E-state index in [2.05, 4.69) is 32.0 Å². The lowest BCUT2D eigenvalue weighted by molar-refractivity contribution is 0.326. The quantitative estimate of drug-likeness (QED) is 0.779. The lowest BCUT2D eigenvalue weighted by Crippen LogP contribution is -2.30. The van der Waals surface area contributed by atoms with Crippen molar-refractivity contribution < 1.29 is 4.74 Å². The van der Waals surface area contributed by atoms with Gasteiger partial charge >= 0.3 is 0 Å². The second-order valence-electron chi connectivity index (χ2n) is 4.96. The Morgan fingerprint density at radius 2 is 1.89 bits per heavy atom. The van der Waals surface area contributed by atoms with Crippen molar-refractivity contribution in [1.29, 1.82) is 0 Å². The van der Waals surface area contributed by atoms with Crippen LogP contribution in [0.4, 0.5) is 0 Å². The standard InChI is InChI=1S/C15H26N2O/c1-4-18-15-6-5-11(2)7-13(15)8-12(3)14(9-16)10-17/h5-7,12,14H,4,8-10,16-17H2,1-3H3. The molecule has 0 bridgehead atoms. The Hall–Kier alpha value is -1.06. The van der Waals surface area contributed by atoms with Gasteiger partial charge in [-0.25, -0.2) is 0 Å². The molecular weight excluding hydrogens is 224 g/mol. The molecule has 3 nitrogen and oxygen atoms in total. The summed E-state index contributed by atoms with van der Waals surface area (Å²) in [6.45, 7) is 8.31. The molecule has 0 amide bonds. The van der Waals surface area contributed by atoms with Gasteiger partial charge in [-0.05, 0) is 56.8 Å². The van der Waals surface area contributed by atoms with Crippen LogP contribution < -0.4 is 16.2 Å². The molecule has 1 aromatic rings. The van der Waals surface area contributed by atoms with Gasteiger partial charge in [0.15, 0.2) is 0 Å². The van der Waals surface area contributed by atoms with Gasteiger partial charge in [0, 0.05) is 0 Å². The molecule has 0 aliphatic carbocycles. The minimum absolute atomic E-state index is 0.375. The summed E-state index contributed by atoms with van der Waals surface area (Å²) >= 11 is 0. The smallest absolute Gasteiger partial charge is 0.122 e. The van der Waals surface area contributed by atoms with Crippen molar-refractivity contribution in [2.24, 2.45) is 23.3 Å². The summed E-state index contributed by atoms with van der Waals surface area (Å²) in [5, 5.41) is 0. The summed E-state index contributed by atoms with van der Waals surface area (Å²) in [5.74, 6) is 1.84. The highest BCUT2D eigenvalue weighted by Gasteiger charge is 2.16. The lowest BCUT2D eigenvalue weighted by Gasteiger charge is -2.22. The molecule has 0 aliphatic rings. The van der Waals surface area contributed by atoms with E-state index in [0.29, 0.717) is 31.5 Å². The summed E-state index contributed by atoms with van der Waals surface area (Å²) in [5.41, 5.74) is 14.0. The van der Waals surface area contributed by atoms with Crippen molar-refractivity contribution in [1.82, 2.24) is 0 Å². The molecule has 102 valence electrons. The summed E-state index contributed by atoms with van der Waals surface area (Å²) in [4.78, 5) is 0. The topological polar surface area (TPSA) is 61.3 Å². The fourth-order valence-electron chi connectivity index (χ4n) is 2.24. The van der Waals surface area contributed by atoms with Gasteiger partial charge in [-0.2, -0.15) is 0 Å². The molecule has 0 aromatic heterocycles. The van der Waals surface area contributed by atoms with Crippen LogP contribution in [0.25, 0.3) is 0 Å². The van der Waals surface area contributed by atoms with Gasteiger partial charge in [0.05, 0.1) is 6.61 Å². The number of ether oxygens (including phenoxy) is 1. The van der Waals surface area contributed by atoms with Crippen LogP contribution in [-0.4, -0.2) is 19.7 Å². The zero-order chi connectivity index (χ0) is 13.5. The monoisotopic (exact) mass is 250 g/mol. The van der Waals surface area contributed by atoms with Crippen molar-refractivity contribution in [2.75, 3.05) is 19.7 Å². The van der Waals surface area contributed by atoms with Crippen LogP contribution in [0.1, 0.15) is 25.0 Å². The minimum atomic E-state index is 0.375. The Bertz CT molecular complexity index is 362. The van der Waals surface area contributed by atoms with Gasteiger partial charge in [0.2, 0.25) is 0 Å². The first-order valence-corrected chi connectivity index (χ1v) is 6.74. The summed E-state index contributed by atoms with van der Waals surface area (Å²) in [7, 11) is 0. The molecule has 0 radical (unpaired) electrons. The minimum Gasteiger partial charge on any atom is -0.494 e. The van der Waals surface area contributed by atoms with E-state index in [9.17, 15) is 0 Å². The van der Waals surface area contributed by atoms with E-state index >= 15 is 0 Å². The Morgan fingerprint density at radius 3 is 2.44 bits per heavy atom. The Balaban J connectivity index is 2.84. The van der Waals surface area contributed by atoms with Crippen LogP contribution >= 0.6 is 0 Å². The fraction of sp³-hybridized carbons (Fsp3) is 0.600. The largest absolute Gasteiger partial charge is 0.494 e. The van der Waals surface area contributed by atoms with Gasteiger partial charge in [0.1, 0.15) is 5.75 Å². The third-order valence-corrected chi connectivity index (χ3v) is 3.47. The zero-order valence-corrected chi connectivity index (χ0v) is 11.8. The molecule has 1 unspecified atom stereocenters. The van der Waals surface area contributed by atoms with Crippen LogP contribution in [0.15, 0.2) is 18.2 Å². The predicted molar refractivity (Wildman–Crippen MR) is 76.8 cm³/mol. The van der Waals surface area contributed by atoms with Crippen LogP contribution in [0.5, 0.6) is 5.75 Å². The molecular formula is C15H26N2O. The molecule has 18 heavy (non-hydrogen) atoms. The van der Waals surface area contributed by atoms with Gasteiger partial charge < -0.3 is 16.2 Å². The average Bonchev–Trinajstić information content (AvgIpc) is 2.34. The van der Waals surface area contributed by atoms with E-state index in [-0.39, 0.29) is 0 Å². The van der Waals surface area contributed by atoms with Gasteiger partial charge in [0.25, 0.3) is 0 Å². The van der Waals surface area contributed by atoms with Crippen LogP contribution in [0.2, 0.25) is 0 Å². The zero-order valence-electron chi connectivity index (χ0n) is 11.8. The molecule has 0 spiro atoms. The Kier molecular flexibility index (Phi) is 6.16. The highest BCUT2D eigenvalue weighted by Crippen LogP contribution is 2.25. The fourth-order valence-corrected chi connectivity index (χ4v) is 2.24. The molecule has 0 saturated heterocycles. The molecule has 0 aliphatic heterocycles. The molecule has 0 saturated carbocycles. The summed E-state index contributed by atoms with van der Waals surface area (Å²) in [6.07, 6.45) is 0.968. The van der Waals surface area contributed by atoms with E-state index in [1.54, 1.807) is 0 Å². The highest BCUT2D eigenvalue weighted by atomic mass is 16.5. The van der Waals surface area contributed by atoms with Gasteiger partial charge in [-0.15, -0.1) is 0 Å².